The average molecular weight is 286 g/mol. The standard InChI is InChI=1S/C10H8ClN3O5/c11-8-5(12)4-13-14(10(8)19)9(18)6(15)2-1-3-7(16)17/h1-4,15H,12H2,(H,16,17)/b3-1+,6-2-. The summed E-state index contributed by atoms with van der Waals surface area (Å²) < 4.78 is 0.305. The number of hydrogen-bond donors (Lipinski definition) is 3. The second kappa shape index (κ2) is 5.83. The number of carboxylic acid groups (broad SMARTS) is 1. The van der Waals surface area contributed by atoms with Crippen LogP contribution in [0.1, 0.15) is 4.79 Å². The number of aliphatic carboxylic acids is 1. The van der Waals surface area contributed by atoms with Gasteiger partial charge in [0.25, 0.3) is 5.56 Å². The van der Waals surface area contributed by atoms with Gasteiger partial charge in [-0.2, -0.15) is 9.78 Å². The molecule has 0 amide bonds. The lowest BCUT2D eigenvalue weighted by atomic mass is 10.3. The Morgan fingerprint density at radius 3 is 2.63 bits per heavy atom. The molecule has 9 heteroatoms. The fraction of sp³-hybridized carbons (Fsp3) is 0. The van der Waals surface area contributed by atoms with Gasteiger partial charge in [-0.05, 0) is 6.08 Å². The first kappa shape index (κ1) is 14.5. The van der Waals surface area contributed by atoms with E-state index in [0.717, 1.165) is 18.3 Å². The summed E-state index contributed by atoms with van der Waals surface area (Å²) in [6.45, 7) is 0. The number of hydrogen-bond acceptors (Lipinski definition) is 6. The number of carbonyl (C=O) groups excluding carboxylic acids is 1. The molecule has 0 unspecified atom stereocenters. The van der Waals surface area contributed by atoms with Crippen LogP contribution in [0.5, 0.6) is 0 Å². The van der Waals surface area contributed by atoms with E-state index in [1.807, 2.05) is 0 Å². The van der Waals surface area contributed by atoms with Crippen molar-refractivity contribution in [3.05, 3.63) is 45.6 Å². The predicted octanol–water partition coefficient (Wildman–Crippen LogP) is 0.202. The number of aliphatic hydroxyl groups is 1. The Bertz CT molecular complexity index is 647. The minimum Gasteiger partial charge on any atom is -0.503 e. The molecule has 1 aromatic heterocycles. The van der Waals surface area contributed by atoms with Crippen molar-refractivity contribution in [1.29, 1.82) is 0 Å². The maximum Gasteiger partial charge on any atom is 0.328 e. The van der Waals surface area contributed by atoms with Crippen molar-refractivity contribution in [3.8, 4) is 0 Å². The van der Waals surface area contributed by atoms with Crippen molar-refractivity contribution in [2.75, 3.05) is 5.73 Å². The lowest BCUT2D eigenvalue weighted by Crippen LogP contribution is -2.31. The summed E-state index contributed by atoms with van der Waals surface area (Å²) >= 11 is 5.53. The SMILES string of the molecule is Nc1cnn(C(=O)/C(O)=C/C=C/C(=O)O)c(=O)c1Cl. The Labute approximate surface area is 111 Å². The summed E-state index contributed by atoms with van der Waals surface area (Å²) in [4.78, 5) is 33.3. The highest BCUT2D eigenvalue weighted by atomic mass is 35.5. The molecular weight excluding hydrogens is 278 g/mol. The number of nitrogens with zero attached hydrogens (tertiary/aromatic N) is 2. The van der Waals surface area contributed by atoms with Gasteiger partial charge < -0.3 is 15.9 Å². The number of rotatable bonds is 3. The van der Waals surface area contributed by atoms with E-state index < -0.39 is 28.2 Å². The number of aliphatic hydroxyl groups excluding tert-OH is 1. The summed E-state index contributed by atoms with van der Waals surface area (Å²) in [6, 6.07) is 0. The average Bonchev–Trinajstić information content (AvgIpc) is 2.35. The molecule has 19 heavy (non-hydrogen) atoms. The van der Waals surface area contributed by atoms with E-state index in [-0.39, 0.29) is 5.69 Å². The molecular formula is C10H8ClN3O5. The molecule has 0 aliphatic heterocycles. The van der Waals surface area contributed by atoms with Crippen molar-refractivity contribution in [2.45, 2.75) is 0 Å². The lowest BCUT2D eigenvalue weighted by Gasteiger charge is -2.03. The monoisotopic (exact) mass is 285 g/mol. The van der Waals surface area contributed by atoms with Gasteiger partial charge >= 0.3 is 11.9 Å². The summed E-state index contributed by atoms with van der Waals surface area (Å²) in [5, 5.41) is 20.7. The Morgan fingerprint density at radius 2 is 2.05 bits per heavy atom. The lowest BCUT2D eigenvalue weighted by molar-refractivity contribution is -0.131. The topological polar surface area (TPSA) is 136 Å². The minimum absolute atomic E-state index is 0.107. The minimum atomic E-state index is -1.26. The highest BCUT2D eigenvalue weighted by Crippen LogP contribution is 2.10. The molecule has 0 saturated heterocycles. The van der Waals surface area contributed by atoms with Crippen LogP contribution in [0, 0.1) is 0 Å². The summed E-state index contributed by atoms with van der Waals surface area (Å²) in [6.07, 6.45) is 3.38. The maximum absolute atomic E-state index is 11.6. The van der Waals surface area contributed by atoms with Crippen LogP contribution in [0.4, 0.5) is 5.69 Å². The van der Waals surface area contributed by atoms with Crippen molar-refractivity contribution in [1.82, 2.24) is 9.78 Å². The van der Waals surface area contributed by atoms with Crippen molar-refractivity contribution in [2.24, 2.45) is 0 Å². The first-order valence-electron chi connectivity index (χ1n) is 4.73. The normalized spacial score (nSPS) is 11.7. The zero-order valence-electron chi connectivity index (χ0n) is 9.28. The number of aromatic nitrogens is 2. The number of nitrogen functional groups attached to an aromatic ring is 1. The van der Waals surface area contributed by atoms with Gasteiger partial charge in [0.15, 0.2) is 5.76 Å². The van der Waals surface area contributed by atoms with Crippen LogP contribution in [0.25, 0.3) is 0 Å². The fourth-order valence-corrected chi connectivity index (χ4v) is 1.12. The summed E-state index contributed by atoms with van der Waals surface area (Å²) in [7, 11) is 0. The van der Waals surface area contributed by atoms with Crippen molar-refractivity contribution in [3.63, 3.8) is 0 Å². The molecule has 0 aromatic carbocycles. The van der Waals surface area contributed by atoms with Crippen molar-refractivity contribution < 1.29 is 19.8 Å². The van der Waals surface area contributed by atoms with Crippen LogP contribution >= 0.6 is 11.6 Å². The smallest absolute Gasteiger partial charge is 0.328 e. The molecule has 0 spiro atoms. The third-order valence-electron chi connectivity index (χ3n) is 1.85. The molecule has 0 atom stereocenters. The van der Waals surface area contributed by atoms with Crippen LogP contribution < -0.4 is 11.3 Å². The second-order valence-electron chi connectivity index (χ2n) is 3.19. The molecule has 0 saturated carbocycles. The van der Waals surface area contributed by atoms with Crippen LogP contribution in [0.3, 0.4) is 0 Å². The fourth-order valence-electron chi connectivity index (χ4n) is 0.992. The van der Waals surface area contributed by atoms with E-state index in [1.54, 1.807) is 0 Å². The quantitative estimate of drug-likeness (QED) is 0.410. The molecule has 0 aliphatic rings. The Kier molecular flexibility index (Phi) is 4.43. The first-order chi connectivity index (χ1) is 8.84. The van der Waals surface area contributed by atoms with E-state index >= 15 is 0 Å². The summed E-state index contributed by atoms with van der Waals surface area (Å²) in [5.74, 6) is -3.31. The van der Waals surface area contributed by atoms with Gasteiger partial charge in [-0.3, -0.25) is 9.59 Å². The summed E-state index contributed by atoms with van der Waals surface area (Å²) in [5.41, 5.74) is 4.21. The third-order valence-corrected chi connectivity index (χ3v) is 2.23. The number of carboxylic acids is 1. The zero-order valence-corrected chi connectivity index (χ0v) is 10.0. The van der Waals surface area contributed by atoms with Gasteiger partial charge in [0.05, 0.1) is 11.9 Å². The number of allylic oxidation sites excluding steroid dienone is 3. The van der Waals surface area contributed by atoms with Crippen LogP contribution in [0.2, 0.25) is 5.02 Å². The van der Waals surface area contributed by atoms with Crippen LogP contribution in [0.15, 0.2) is 35.0 Å². The van der Waals surface area contributed by atoms with Gasteiger partial charge in [-0.1, -0.05) is 17.7 Å². The van der Waals surface area contributed by atoms with E-state index in [9.17, 15) is 19.5 Å². The van der Waals surface area contributed by atoms with Crippen molar-refractivity contribution >= 4 is 29.2 Å². The van der Waals surface area contributed by atoms with E-state index in [4.69, 9.17) is 22.4 Å². The largest absolute Gasteiger partial charge is 0.503 e. The maximum atomic E-state index is 11.6. The molecule has 4 N–H and O–H groups in total. The van der Waals surface area contributed by atoms with Gasteiger partial charge in [0.2, 0.25) is 0 Å². The van der Waals surface area contributed by atoms with Gasteiger partial charge in [0, 0.05) is 6.08 Å². The molecule has 0 radical (unpaired) electrons. The second-order valence-corrected chi connectivity index (χ2v) is 3.56. The van der Waals surface area contributed by atoms with Gasteiger partial charge in [-0.25, -0.2) is 4.79 Å². The molecule has 0 fully saturated rings. The molecule has 100 valence electrons. The molecule has 0 bridgehead atoms. The molecule has 1 rings (SSSR count). The number of carbonyl (C=O) groups is 2. The van der Waals surface area contributed by atoms with E-state index in [0.29, 0.717) is 10.8 Å². The molecule has 0 aliphatic carbocycles. The first-order valence-corrected chi connectivity index (χ1v) is 5.10. The number of nitrogens with two attached hydrogens (primary N) is 1. The third kappa shape index (κ3) is 3.42. The van der Waals surface area contributed by atoms with Crippen LogP contribution in [-0.4, -0.2) is 31.9 Å². The van der Waals surface area contributed by atoms with E-state index in [1.165, 1.54) is 0 Å². The Balaban J connectivity index is 3.11. The Hall–Kier alpha value is -2.61. The molecule has 1 aromatic rings. The van der Waals surface area contributed by atoms with E-state index in [2.05, 4.69) is 5.10 Å². The van der Waals surface area contributed by atoms with Gasteiger partial charge in [-0.15, -0.1) is 0 Å². The number of anilines is 1. The molecule has 1 heterocycles. The zero-order chi connectivity index (χ0) is 14.6. The Morgan fingerprint density at radius 1 is 1.42 bits per heavy atom. The molecule has 8 nitrogen and oxygen atoms in total. The highest BCUT2D eigenvalue weighted by Gasteiger charge is 2.16. The number of halogens is 1. The van der Waals surface area contributed by atoms with Gasteiger partial charge in [0.1, 0.15) is 5.02 Å². The van der Waals surface area contributed by atoms with Crippen LogP contribution in [-0.2, 0) is 4.79 Å². The predicted molar refractivity (Wildman–Crippen MR) is 66.0 cm³/mol. The highest BCUT2D eigenvalue weighted by molar-refractivity contribution is 6.32.